The Kier molecular flexibility index (Phi) is 6.53. The molecule has 0 aliphatic rings. The third kappa shape index (κ3) is 4.29. The first kappa shape index (κ1) is 21.0. The van der Waals surface area contributed by atoms with E-state index in [4.69, 9.17) is 56.7 Å². The second-order valence-corrected chi connectivity index (χ2v) is 8.01. The predicted octanol–water partition coefficient (Wildman–Crippen LogP) is 5.02. The van der Waals surface area contributed by atoms with Gasteiger partial charge >= 0.3 is 0 Å². The van der Waals surface area contributed by atoms with Gasteiger partial charge in [-0.15, -0.1) is 0 Å². The van der Waals surface area contributed by atoms with E-state index in [2.05, 4.69) is 10.5 Å². The molecule has 0 saturated carbocycles. The highest BCUT2D eigenvalue weighted by Gasteiger charge is 2.36. The number of alkyl halides is 2. The van der Waals surface area contributed by atoms with Crippen LogP contribution in [0.15, 0.2) is 53.1 Å². The number of nitrogens with zero attached hydrogens (tertiary/aromatic N) is 1. The fourth-order valence-corrected chi connectivity index (χ4v) is 3.53. The molecule has 0 fully saturated rings. The van der Waals surface area contributed by atoms with E-state index in [0.29, 0.717) is 38.2 Å². The van der Waals surface area contributed by atoms with Crippen LogP contribution in [0.3, 0.4) is 0 Å². The molecule has 1 heterocycles. The van der Waals surface area contributed by atoms with Gasteiger partial charge in [0.15, 0.2) is 5.76 Å². The third-order valence-corrected chi connectivity index (χ3v) is 5.36. The van der Waals surface area contributed by atoms with Crippen LogP contribution in [0.25, 0.3) is 22.6 Å². The van der Waals surface area contributed by atoms with Gasteiger partial charge in [-0.05, 0) is 23.8 Å². The Balaban J connectivity index is 1.93. The Morgan fingerprint density at radius 2 is 1.79 bits per heavy atom. The predicted molar refractivity (Wildman–Crippen MR) is 113 cm³/mol. The summed E-state index contributed by atoms with van der Waals surface area (Å²) in [7, 11) is 0. The van der Waals surface area contributed by atoms with E-state index in [1.54, 1.807) is 48.5 Å². The Hall–Kier alpha value is -1.76. The molecule has 1 amide bonds. The summed E-state index contributed by atoms with van der Waals surface area (Å²) in [6.07, 6.45) is 0. The lowest BCUT2D eigenvalue weighted by Gasteiger charge is -2.19. The number of rotatable bonds is 6. The maximum absolute atomic E-state index is 12.2. The summed E-state index contributed by atoms with van der Waals surface area (Å²) in [5.41, 5.74) is 7.47. The van der Waals surface area contributed by atoms with Gasteiger partial charge < -0.3 is 15.6 Å². The van der Waals surface area contributed by atoms with E-state index in [1.807, 2.05) is 0 Å². The molecule has 28 heavy (non-hydrogen) atoms. The van der Waals surface area contributed by atoms with E-state index in [-0.39, 0.29) is 13.1 Å². The van der Waals surface area contributed by atoms with Crippen LogP contribution in [0.5, 0.6) is 0 Å². The van der Waals surface area contributed by atoms with Crippen LogP contribution in [0, 0.1) is 0 Å². The maximum atomic E-state index is 12.2. The molecule has 146 valence electrons. The average Bonchev–Trinajstić information content (AvgIpc) is 3.15. The summed E-state index contributed by atoms with van der Waals surface area (Å²) in [5.74, 6) is -0.112. The maximum Gasteiger partial charge on any atom is 0.261 e. The van der Waals surface area contributed by atoms with Crippen molar-refractivity contribution in [1.29, 1.82) is 0 Å². The van der Waals surface area contributed by atoms with E-state index in [1.165, 1.54) is 0 Å². The van der Waals surface area contributed by atoms with Crippen LogP contribution < -0.4 is 11.1 Å². The number of amides is 1. The zero-order valence-electron chi connectivity index (χ0n) is 14.4. The number of carbonyl (C=O) groups excluding carboxylic acids is 1. The standard InChI is InChI=1S/C19H15Cl4N3O2/c20-13-5-2-6-14(21)17(13)15-10-16(28-26-15)11-3-1-4-12(9-11)19(22,23)18(27)25-8-7-24/h1-6,9-10H,7-8,24H2,(H,25,27). The lowest BCUT2D eigenvalue weighted by atomic mass is 10.0. The van der Waals surface area contributed by atoms with Crippen molar-refractivity contribution >= 4 is 52.3 Å². The number of hydrogen-bond acceptors (Lipinski definition) is 4. The Bertz CT molecular complexity index is 984. The van der Waals surface area contributed by atoms with Crippen molar-refractivity contribution in [2.45, 2.75) is 4.33 Å². The Labute approximate surface area is 181 Å². The number of nitrogens with two attached hydrogens (primary N) is 1. The second-order valence-electron chi connectivity index (χ2n) is 5.87. The van der Waals surface area contributed by atoms with Gasteiger partial charge in [0.05, 0.1) is 10.0 Å². The lowest BCUT2D eigenvalue weighted by Crippen LogP contribution is -2.39. The normalized spacial score (nSPS) is 11.5. The summed E-state index contributed by atoms with van der Waals surface area (Å²) in [4.78, 5) is 12.2. The second kappa shape index (κ2) is 8.72. The first-order chi connectivity index (χ1) is 13.3. The topological polar surface area (TPSA) is 81.1 Å². The molecule has 3 rings (SSSR count). The van der Waals surface area contributed by atoms with Gasteiger partial charge in [-0.1, -0.05) is 75.8 Å². The summed E-state index contributed by atoms with van der Waals surface area (Å²) in [6, 6.07) is 13.7. The van der Waals surface area contributed by atoms with E-state index in [9.17, 15) is 4.79 Å². The highest BCUT2D eigenvalue weighted by atomic mass is 35.5. The van der Waals surface area contributed by atoms with Crippen molar-refractivity contribution in [3.8, 4) is 22.6 Å². The molecule has 3 N–H and O–H groups in total. The molecule has 3 aromatic rings. The van der Waals surface area contributed by atoms with Gasteiger partial charge in [0, 0.05) is 30.3 Å². The van der Waals surface area contributed by atoms with Crippen LogP contribution in [-0.4, -0.2) is 24.2 Å². The minimum Gasteiger partial charge on any atom is -0.356 e. The zero-order valence-corrected chi connectivity index (χ0v) is 17.4. The number of carbonyl (C=O) groups is 1. The Morgan fingerprint density at radius 1 is 1.11 bits per heavy atom. The van der Waals surface area contributed by atoms with Crippen molar-refractivity contribution in [2.24, 2.45) is 5.73 Å². The van der Waals surface area contributed by atoms with Crippen molar-refractivity contribution in [3.05, 3.63) is 64.1 Å². The molecule has 0 bridgehead atoms. The molecule has 0 saturated heterocycles. The minimum atomic E-state index is -1.78. The molecule has 0 aliphatic heterocycles. The average molecular weight is 459 g/mol. The monoisotopic (exact) mass is 457 g/mol. The molecule has 1 aromatic heterocycles. The summed E-state index contributed by atoms with van der Waals surface area (Å²) in [5, 5.41) is 7.54. The minimum absolute atomic E-state index is 0.268. The van der Waals surface area contributed by atoms with Gasteiger partial charge in [-0.3, -0.25) is 4.79 Å². The fraction of sp³-hybridized carbons (Fsp3) is 0.158. The van der Waals surface area contributed by atoms with Crippen molar-refractivity contribution in [3.63, 3.8) is 0 Å². The number of benzene rings is 2. The van der Waals surface area contributed by atoms with E-state index >= 15 is 0 Å². The number of aromatic nitrogens is 1. The van der Waals surface area contributed by atoms with Gasteiger partial charge in [-0.25, -0.2) is 0 Å². The third-order valence-electron chi connectivity index (χ3n) is 3.95. The van der Waals surface area contributed by atoms with Crippen LogP contribution in [0.2, 0.25) is 10.0 Å². The lowest BCUT2D eigenvalue weighted by molar-refractivity contribution is -0.121. The SMILES string of the molecule is NCCNC(=O)C(Cl)(Cl)c1cccc(-c2cc(-c3c(Cl)cccc3Cl)no2)c1. The van der Waals surface area contributed by atoms with Crippen molar-refractivity contribution in [1.82, 2.24) is 10.5 Å². The molecule has 0 unspecified atom stereocenters. The highest BCUT2D eigenvalue weighted by molar-refractivity contribution is 6.57. The van der Waals surface area contributed by atoms with Gasteiger partial charge in [0.25, 0.3) is 5.91 Å². The van der Waals surface area contributed by atoms with Crippen LogP contribution in [-0.2, 0) is 9.13 Å². The number of hydrogen-bond donors (Lipinski definition) is 2. The zero-order chi connectivity index (χ0) is 20.3. The Morgan fingerprint density at radius 3 is 2.46 bits per heavy atom. The molecule has 5 nitrogen and oxygen atoms in total. The molecule has 0 radical (unpaired) electrons. The summed E-state index contributed by atoms with van der Waals surface area (Å²) >= 11 is 25.0. The molecule has 2 aromatic carbocycles. The molecule has 0 spiro atoms. The molecular formula is C19H15Cl4N3O2. The highest BCUT2D eigenvalue weighted by Crippen LogP contribution is 2.38. The first-order valence-electron chi connectivity index (χ1n) is 8.22. The number of nitrogens with one attached hydrogen (secondary N) is 1. The van der Waals surface area contributed by atoms with Gasteiger partial charge in [0.1, 0.15) is 5.69 Å². The van der Waals surface area contributed by atoms with Gasteiger partial charge in [-0.2, -0.15) is 0 Å². The number of halogens is 4. The van der Waals surface area contributed by atoms with E-state index in [0.717, 1.165) is 0 Å². The molecular weight excluding hydrogens is 444 g/mol. The summed E-state index contributed by atoms with van der Waals surface area (Å²) < 4.78 is 3.66. The smallest absolute Gasteiger partial charge is 0.261 e. The fourth-order valence-electron chi connectivity index (χ4n) is 2.57. The summed E-state index contributed by atoms with van der Waals surface area (Å²) in [6.45, 7) is 0.546. The molecule has 9 heteroatoms. The quantitative estimate of drug-likeness (QED) is 0.508. The molecule has 0 atom stereocenters. The van der Waals surface area contributed by atoms with Crippen LogP contribution in [0.1, 0.15) is 5.56 Å². The van der Waals surface area contributed by atoms with Crippen LogP contribution >= 0.6 is 46.4 Å². The van der Waals surface area contributed by atoms with Crippen molar-refractivity contribution < 1.29 is 9.32 Å². The molecule has 0 aliphatic carbocycles. The largest absolute Gasteiger partial charge is 0.356 e. The van der Waals surface area contributed by atoms with Crippen LogP contribution in [0.4, 0.5) is 0 Å². The van der Waals surface area contributed by atoms with Crippen molar-refractivity contribution in [2.75, 3.05) is 13.1 Å². The van der Waals surface area contributed by atoms with Gasteiger partial charge in [0.2, 0.25) is 4.33 Å². The first-order valence-corrected chi connectivity index (χ1v) is 9.74. The van der Waals surface area contributed by atoms with E-state index < -0.39 is 10.2 Å².